The van der Waals surface area contributed by atoms with Gasteiger partial charge in [0.1, 0.15) is 18.6 Å². The van der Waals surface area contributed by atoms with Crippen LogP contribution >= 0.6 is 0 Å². The molecule has 0 saturated carbocycles. The molecule has 18 heavy (non-hydrogen) atoms. The molecule has 2 N–H and O–H groups in total. The monoisotopic (exact) mass is 250 g/mol. The molecule has 1 saturated heterocycles. The predicted octanol–water partition coefficient (Wildman–Crippen LogP) is 0.188. The largest absolute Gasteiger partial charge is 0.390 e. The van der Waals surface area contributed by atoms with Crippen LogP contribution in [-0.4, -0.2) is 45.5 Å². The molecule has 0 spiro atoms. The third-order valence-electron chi connectivity index (χ3n) is 3.25. The Morgan fingerprint density at radius 3 is 3.17 bits per heavy atom. The van der Waals surface area contributed by atoms with Gasteiger partial charge < -0.3 is 15.2 Å². The number of ketones is 1. The summed E-state index contributed by atoms with van der Waals surface area (Å²) >= 11 is 0. The summed E-state index contributed by atoms with van der Waals surface area (Å²) in [5.74, 6) is 0.448. The molecule has 2 aliphatic rings. The lowest BCUT2D eigenvalue weighted by molar-refractivity contribution is -0.00698. The van der Waals surface area contributed by atoms with E-state index in [0.717, 1.165) is 0 Å². The van der Waals surface area contributed by atoms with Crippen LogP contribution in [0.15, 0.2) is 11.3 Å². The first kappa shape index (κ1) is 11.4. The number of hydrogen-bond donors (Lipinski definition) is 2. The fourth-order valence-corrected chi connectivity index (χ4v) is 2.21. The molecule has 2 unspecified atom stereocenters. The number of ether oxygens (including phenoxy) is 1. The first-order valence-electron chi connectivity index (χ1n) is 5.85. The second kappa shape index (κ2) is 4.18. The molecule has 7 heteroatoms. The molecular weight excluding hydrogens is 236 g/mol. The van der Waals surface area contributed by atoms with E-state index in [-0.39, 0.29) is 24.7 Å². The molecule has 0 aliphatic carbocycles. The molecule has 96 valence electrons. The van der Waals surface area contributed by atoms with Crippen molar-refractivity contribution in [2.45, 2.75) is 31.8 Å². The van der Waals surface area contributed by atoms with E-state index in [9.17, 15) is 9.90 Å². The molecule has 0 aromatic carbocycles. The highest BCUT2D eigenvalue weighted by atomic mass is 16.5. The molecule has 3 rings (SSSR count). The molecule has 0 radical (unpaired) electrons. The summed E-state index contributed by atoms with van der Waals surface area (Å²) in [6.45, 7) is 1.92. The number of carbonyl (C=O) groups excluding carboxylic acids is 1. The standard InChI is InChI=1S/C11H14N4O3/c1-6-7(16)2-9(18-6)15-5-14-10-8(17)3-12-4-13-11(10)15/h4-7,9,16H,2-3H2,1H3,(H,12,13)/t6?,7-,9?/m1/s1. The van der Waals surface area contributed by atoms with E-state index in [0.29, 0.717) is 17.9 Å². The van der Waals surface area contributed by atoms with Crippen LogP contribution in [0.3, 0.4) is 0 Å². The minimum atomic E-state index is -0.497. The Balaban J connectivity index is 1.95. The maximum atomic E-state index is 11.7. The fraction of sp³-hybridized carbons (Fsp3) is 0.545. The van der Waals surface area contributed by atoms with Gasteiger partial charge in [-0.2, -0.15) is 0 Å². The van der Waals surface area contributed by atoms with E-state index in [1.54, 1.807) is 10.9 Å². The number of Topliss-reactive ketones (excluding diaryl/α,β-unsaturated/α-hetero) is 1. The zero-order valence-corrected chi connectivity index (χ0v) is 9.91. The molecular formula is C11H14N4O3. The van der Waals surface area contributed by atoms with Crippen molar-refractivity contribution in [2.24, 2.45) is 4.99 Å². The average molecular weight is 250 g/mol. The van der Waals surface area contributed by atoms with Gasteiger partial charge in [-0.05, 0) is 6.92 Å². The molecule has 3 atom stereocenters. The number of aromatic nitrogens is 2. The summed E-state index contributed by atoms with van der Waals surface area (Å²) in [6.07, 6.45) is 2.50. The number of imidazole rings is 1. The molecule has 3 heterocycles. The van der Waals surface area contributed by atoms with Crippen LogP contribution in [0.25, 0.3) is 0 Å². The lowest BCUT2D eigenvalue weighted by atomic mass is 10.2. The number of anilines is 1. The number of carbonyl (C=O) groups is 1. The van der Waals surface area contributed by atoms with Gasteiger partial charge in [0.25, 0.3) is 0 Å². The Morgan fingerprint density at radius 2 is 2.44 bits per heavy atom. The van der Waals surface area contributed by atoms with Crippen LogP contribution in [0.1, 0.15) is 30.1 Å². The highest BCUT2D eigenvalue weighted by Crippen LogP contribution is 2.32. The van der Waals surface area contributed by atoms with Gasteiger partial charge in [-0.25, -0.2) is 4.98 Å². The van der Waals surface area contributed by atoms with Gasteiger partial charge in [-0.3, -0.25) is 14.4 Å². The number of nitrogens with zero attached hydrogens (tertiary/aromatic N) is 3. The third kappa shape index (κ3) is 1.72. The normalized spacial score (nSPS) is 31.0. The molecule has 1 fully saturated rings. The van der Waals surface area contributed by atoms with Crippen molar-refractivity contribution in [3.63, 3.8) is 0 Å². The van der Waals surface area contributed by atoms with E-state index in [4.69, 9.17) is 4.74 Å². The number of aliphatic hydroxyl groups excluding tert-OH is 1. The minimum absolute atomic E-state index is 0.0988. The Bertz CT molecular complexity index is 500. The Kier molecular flexibility index (Phi) is 2.64. The van der Waals surface area contributed by atoms with Crippen molar-refractivity contribution in [3.05, 3.63) is 12.0 Å². The van der Waals surface area contributed by atoms with Gasteiger partial charge in [0, 0.05) is 6.42 Å². The first-order valence-corrected chi connectivity index (χ1v) is 5.85. The average Bonchev–Trinajstić information content (AvgIpc) is 2.84. The topological polar surface area (TPSA) is 88.7 Å². The Hall–Kier alpha value is -1.73. The van der Waals surface area contributed by atoms with Crippen LogP contribution in [-0.2, 0) is 4.74 Å². The number of nitrogens with one attached hydrogen (secondary N) is 1. The van der Waals surface area contributed by atoms with Crippen molar-refractivity contribution in [1.29, 1.82) is 0 Å². The van der Waals surface area contributed by atoms with Gasteiger partial charge >= 0.3 is 0 Å². The number of fused-ring (bicyclic) bond motifs is 1. The maximum Gasteiger partial charge on any atom is 0.206 e. The first-order chi connectivity index (χ1) is 8.66. The second-order valence-electron chi connectivity index (χ2n) is 4.49. The van der Waals surface area contributed by atoms with E-state index in [1.807, 2.05) is 6.92 Å². The lowest BCUT2D eigenvalue weighted by Crippen LogP contribution is -2.15. The predicted molar refractivity (Wildman–Crippen MR) is 63.7 cm³/mol. The molecule has 7 nitrogen and oxygen atoms in total. The van der Waals surface area contributed by atoms with Gasteiger partial charge in [-0.1, -0.05) is 0 Å². The summed E-state index contributed by atoms with van der Waals surface area (Å²) in [5.41, 5.74) is 0.366. The molecule has 1 aromatic rings. The highest BCUT2D eigenvalue weighted by Gasteiger charge is 2.34. The van der Waals surface area contributed by atoms with Crippen molar-refractivity contribution in [1.82, 2.24) is 9.55 Å². The van der Waals surface area contributed by atoms with Gasteiger partial charge in [0.05, 0.1) is 24.9 Å². The van der Waals surface area contributed by atoms with Crippen LogP contribution in [0, 0.1) is 0 Å². The quantitative estimate of drug-likeness (QED) is 0.742. The number of aliphatic imine (C=N–C) groups is 1. The SMILES string of the molecule is CC1OC(n2cnc3c2NC=NCC3=O)C[C@H]1O. The van der Waals surface area contributed by atoms with Crippen LogP contribution in [0.2, 0.25) is 0 Å². The zero-order valence-electron chi connectivity index (χ0n) is 9.91. The van der Waals surface area contributed by atoms with E-state index in [1.165, 1.54) is 6.34 Å². The van der Waals surface area contributed by atoms with Crippen LogP contribution in [0.5, 0.6) is 0 Å². The maximum absolute atomic E-state index is 11.7. The smallest absolute Gasteiger partial charge is 0.206 e. The number of hydrogen-bond acceptors (Lipinski definition) is 6. The van der Waals surface area contributed by atoms with Gasteiger partial charge in [0.2, 0.25) is 5.78 Å². The second-order valence-corrected chi connectivity index (χ2v) is 4.49. The lowest BCUT2D eigenvalue weighted by Gasteiger charge is -2.15. The summed E-state index contributed by atoms with van der Waals surface area (Å²) in [4.78, 5) is 19.8. The summed E-state index contributed by atoms with van der Waals surface area (Å²) < 4.78 is 7.37. The van der Waals surface area contributed by atoms with Crippen LogP contribution < -0.4 is 5.32 Å². The minimum Gasteiger partial charge on any atom is -0.390 e. The number of rotatable bonds is 1. The summed E-state index contributed by atoms with van der Waals surface area (Å²) in [6, 6.07) is 0. The Labute approximate surface area is 103 Å². The van der Waals surface area contributed by atoms with Crippen molar-refractivity contribution >= 4 is 17.9 Å². The van der Waals surface area contributed by atoms with Gasteiger partial charge in [0.15, 0.2) is 5.69 Å². The number of aliphatic hydroxyl groups is 1. The Morgan fingerprint density at radius 1 is 1.61 bits per heavy atom. The van der Waals surface area contributed by atoms with Crippen molar-refractivity contribution < 1.29 is 14.6 Å². The molecule has 0 bridgehead atoms. The molecule has 0 amide bonds. The molecule has 1 aromatic heterocycles. The van der Waals surface area contributed by atoms with E-state index < -0.39 is 6.10 Å². The molecule has 2 aliphatic heterocycles. The van der Waals surface area contributed by atoms with Gasteiger partial charge in [-0.15, -0.1) is 0 Å². The van der Waals surface area contributed by atoms with E-state index in [2.05, 4.69) is 15.3 Å². The summed E-state index contributed by atoms with van der Waals surface area (Å²) in [7, 11) is 0. The fourth-order valence-electron chi connectivity index (χ4n) is 2.21. The van der Waals surface area contributed by atoms with Crippen LogP contribution in [0.4, 0.5) is 5.82 Å². The zero-order chi connectivity index (χ0) is 12.7. The van der Waals surface area contributed by atoms with Crippen molar-refractivity contribution in [3.8, 4) is 0 Å². The highest BCUT2D eigenvalue weighted by molar-refractivity contribution is 6.04. The third-order valence-corrected chi connectivity index (χ3v) is 3.25. The summed E-state index contributed by atoms with van der Waals surface area (Å²) in [5, 5.41) is 12.6. The van der Waals surface area contributed by atoms with Crippen molar-refractivity contribution in [2.75, 3.05) is 11.9 Å². The van der Waals surface area contributed by atoms with E-state index >= 15 is 0 Å².